The molecule has 0 radical (unpaired) electrons. The summed E-state index contributed by atoms with van der Waals surface area (Å²) < 4.78 is 5.37. The Balaban J connectivity index is 1.62. The second-order valence-corrected chi connectivity index (χ2v) is 6.22. The molecular formula is C17H20N2O2S. The molecule has 3 rings (SSSR count). The summed E-state index contributed by atoms with van der Waals surface area (Å²) in [5.41, 5.74) is 3.12. The van der Waals surface area contributed by atoms with Gasteiger partial charge in [-0.15, -0.1) is 0 Å². The highest BCUT2D eigenvalue weighted by molar-refractivity contribution is 7.08. The minimum atomic E-state index is 0.0681. The zero-order valence-electron chi connectivity index (χ0n) is 12.7. The molecule has 0 saturated carbocycles. The lowest BCUT2D eigenvalue weighted by Gasteiger charge is -2.29. The van der Waals surface area contributed by atoms with Crippen LogP contribution in [0.25, 0.3) is 0 Å². The van der Waals surface area contributed by atoms with E-state index in [1.54, 1.807) is 16.2 Å². The topological polar surface area (TPSA) is 32.8 Å². The third-order valence-electron chi connectivity index (χ3n) is 3.85. The van der Waals surface area contributed by atoms with Gasteiger partial charge in [0.05, 0.1) is 18.8 Å². The first-order valence-electron chi connectivity index (χ1n) is 7.43. The number of carbonyl (C=O) groups is 1. The summed E-state index contributed by atoms with van der Waals surface area (Å²) in [6.45, 7) is 4.09. The number of hydrogen-bond acceptors (Lipinski definition) is 4. The number of hydrogen-bond donors (Lipinski definition) is 0. The molecule has 2 heterocycles. The van der Waals surface area contributed by atoms with Crippen LogP contribution in [0.4, 0.5) is 5.69 Å². The Hall–Kier alpha value is -1.85. The van der Waals surface area contributed by atoms with Crippen LogP contribution >= 0.6 is 11.3 Å². The predicted octanol–water partition coefficient (Wildman–Crippen LogP) is 2.86. The fourth-order valence-corrected chi connectivity index (χ4v) is 3.22. The average molecular weight is 316 g/mol. The Kier molecular flexibility index (Phi) is 4.75. The van der Waals surface area contributed by atoms with Crippen LogP contribution in [-0.2, 0) is 11.3 Å². The molecule has 22 heavy (non-hydrogen) atoms. The molecule has 1 aromatic heterocycles. The second kappa shape index (κ2) is 6.94. The predicted molar refractivity (Wildman–Crippen MR) is 89.6 cm³/mol. The van der Waals surface area contributed by atoms with Gasteiger partial charge < -0.3 is 14.5 Å². The Labute approximate surface area is 134 Å². The summed E-state index contributed by atoms with van der Waals surface area (Å²) >= 11 is 1.55. The zero-order valence-corrected chi connectivity index (χ0v) is 13.5. The Morgan fingerprint density at radius 1 is 1.23 bits per heavy atom. The summed E-state index contributed by atoms with van der Waals surface area (Å²) in [4.78, 5) is 16.3. The normalized spacial score (nSPS) is 14.9. The molecule has 116 valence electrons. The highest BCUT2D eigenvalue weighted by atomic mass is 32.1. The number of rotatable bonds is 4. The van der Waals surface area contributed by atoms with Crippen LogP contribution in [0.3, 0.4) is 0 Å². The zero-order chi connectivity index (χ0) is 15.4. The molecule has 0 unspecified atom stereocenters. The smallest absolute Gasteiger partial charge is 0.254 e. The van der Waals surface area contributed by atoms with Crippen LogP contribution in [0.1, 0.15) is 15.9 Å². The fraction of sp³-hybridized carbons (Fsp3) is 0.353. The monoisotopic (exact) mass is 316 g/mol. The van der Waals surface area contributed by atoms with E-state index in [0.29, 0.717) is 6.54 Å². The van der Waals surface area contributed by atoms with Crippen molar-refractivity contribution in [2.45, 2.75) is 6.54 Å². The number of benzene rings is 1. The number of morpholine rings is 1. The van der Waals surface area contributed by atoms with Crippen molar-refractivity contribution < 1.29 is 9.53 Å². The molecule has 1 aromatic carbocycles. The largest absolute Gasteiger partial charge is 0.378 e. The molecule has 1 saturated heterocycles. The number of thiophene rings is 1. The first kappa shape index (κ1) is 15.1. The molecule has 5 heteroatoms. The molecular weight excluding hydrogens is 296 g/mol. The van der Waals surface area contributed by atoms with Gasteiger partial charge in [-0.3, -0.25) is 4.79 Å². The molecule has 0 spiro atoms. The molecule has 1 aliphatic heterocycles. The van der Waals surface area contributed by atoms with E-state index in [4.69, 9.17) is 4.74 Å². The summed E-state index contributed by atoms with van der Waals surface area (Å²) in [5.74, 6) is 0.0681. The number of ether oxygens (including phenoxy) is 1. The van der Waals surface area contributed by atoms with Crippen LogP contribution in [0.2, 0.25) is 0 Å². The van der Waals surface area contributed by atoms with E-state index < -0.39 is 0 Å². The van der Waals surface area contributed by atoms with Gasteiger partial charge in [0.1, 0.15) is 0 Å². The Bertz CT molecular complexity index is 604. The van der Waals surface area contributed by atoms with Crippen molar-refractivity contribution in [3.05, 3.63) is 52.2 Å². The van der Waals surface area contributed by atoms with E-state index >= 15 is 0 Å². The summed E-state index contributed by atoms with van der Waals surface area (Å²) in [6, 6.07) is 10.3. The van der Waals surface area contributed by atoms with Gasteiger partial charge in [0.25, 0.3) is 5.91 Å². The number of carbonyl (C=O) groups excluding carboxylic acids is 1. The van der Waals surface area contributed by atoms with Crippen molar-refractivity contribution in [1.29, 1.82) is 0 Å². The molecule has 1 aliphatic rings. The lowest BCUT2D eigenvalue weighted by molar-refractivity contribution is 0.0785. The first-order chi connectivity index (χ1) is 10.7. The number of amides is 1. The van der Waals surface area contributed by atoms with Gasteiger partial charge in [-0.25, -0.2) is 0 Å². The van der Waals surface area contributed by atoms with Gasteiger partial charge in [-0.1, -0.05) is 12.1 Å². The van der Waals surface area contributed by atoms with Crippen LogP contribution < -0.4 is 4.90 Å². The minimum absolute atomic E-state index is 0.0681. The lowest BCUT2D eigenvalue weighted by atomic mass is 10.1. The highest BCUT2D eigenvalue weighted by Gasteiger charge is 2.13. The number of anilines is 1. The quantitative estimate of drug-likeness (QED) is 0.869. The Morgan fingerprint density at radius 3 is 2.59 bits per heavy atom. The van der Waals surface area contributed by atoms with E-state index in [9.17, 15) is 4.79 Å². The fourth-order valence-electron chi connectivity index (χ4n) is 2.59. The third kappa shape index (κ3) is 3.48. The standard InChI is InChI=1S/C17H20N2O2S/c1-18(17(20)15-6-11-22-13-15)12-14-2-4-16(5-3-14)19-7-9-21-10-8-19/h2-6,11,13H,7-10,12H2,1H3. The first-order valence-corrected chi connectivity index (χ1v) is 8.37. The molecule has 0 bridgehead atoms. The maximum absolute atomic E-state index is 12.2. The van der Waals surface area contributed by atoms with Gasteiger partial charge in [0, 0.05) is 37.7 Å². The second-order valence-electron chi connectivity index (χ2n) is 5.44. The van der Waals surface area contributed by atoms with E-state index in [-0.39, 0.29) is 5.91 Å². The summed E-state index contributed by atoms with van der Waals surface area (Å²) in [6.07, 6.45) is 0. The van der Waals surface area contributed by atoms with Crippen LogP contribution in [0.5, 0.6) is 0 Å². The molecule has 0 N–H and O–H groups in total. The summed E-state index contributed by atoms with van der Waals surface area (Å²) in [5, 5.41) is 3.82. The molecule has 1 fully saturated rings. The van der Waals surface area contributed by atoms with Crippen molar-refractivity contribution in [1.82, 2.24) is 4.90 Å². The molecule has 0 atom stereocenters. The van der Waals surface area contributed by atoms with Crippen LogP contribution in [0.15, 0.2) is 41.1 Å². The van der Waals surface area contributed by atoms with Crippen molar-refractivity contribution in [2.24, 2.45) is 0 Å². The lowest BCUT2D eigenvalue weighted by Crippen LogP contribution is -2.36. The van der Waals surface area contributed by atoms with Crippen LogP contribution in [-0.4, -0.2) is 44.2 Å². The van der Waals surface area contributed by atoms with Crippen molar-refractivity contribution in [2.75, 3.05) is 38.3 Å². The van der Waals surface area contributed by atoms with Gasteiger partial charge in [0.15, 0.2) is 0 Å². The highest BCUT2D eigenvalue weighted by Crippen LogP contribution is 2.18. The Morgan fingerprint density at radius 2 is 1.95 bits per heavy atom. The SMILES string of the molecule is CN(Cc1ccc(N2CCOCC2)cc1)C(=O)c1ccsc1. The average Bonchev–Trinajstić information content (AvgIpc) is 3.10. The molecule has 4 nitrogen and oxygen atoms in total. The van der Waals surface area contributed by atoms with Gasteiger partial charge in [-0.05, 0) is 29.1 Å². The van der Waals surface area contributed by atoms with Gasteiger partial charge in [-0.2, -0.15) is 11.3 Å². The molecule has 0 aliphatic carbocycles. The number of nitrogens with zero attached hydrogens (tertiary/aromatic N) is 2. The minimum Gasteiger partial charge on any atom is -0.378 e. The van der Waals surface area contributed by atoms with Crippen molar-refractivity contribution in [3.63, 3.8) is 0 Å². The van der Waals surface area contributed by atoms with E-state index in [1.807, 2.05) is 23.9 Å². The maximum Gasteiger partial charge on any atom is 0.254 e. The molecule has 1 amide bonds. The van der Waals surface area contributed by atoms with E-state index in [0.717, 1.165) is 37.4 Å². The van der Waals surface area contributed by atoms with Crippen molar-refractivity contribution in [3.8, 4) is 0 Å². The summed E-state index contributed by atoms with van der Waals surface area (Å²) in [7, 11) is 1.84. The van der Waals surface area contributed by atoms with E-state index in [1.165, 1.54) is 5.69 Å². The van der Waals surface area contributed by atoms with Gasteiger partial charge >= 0.3 is 0 Å². The third-order valence-corrected chi connectivity index (χ3v) is 4.53. The van der Waals surface area contributed by atoms with E-state index in [2.05, 4.69) is 29.2 Å². The van der Waals surface area contributed by atoms with Gasteiger partial charge in [0.2, 0.25) is 0 Å². The molecule has 2 aromatic rings. The maximum atomic E-state index is 12.2. The van der Waals surface area contributed by atoms with Crippen LogP contribution in [0, 0.1) is 0 Å². The van der Waals surface area contributed by atoms with Crippen molar-refractivity contribution >= 4 is 22.9 Å².